The van der Waals surface area contributed by atoms with E-state index >= 15 is 0 Å². The number of nitrogens with one attached hydrogen (secondary N) is 1. The standard InChI is InChI=1S/C23H27N3O/c27-23(25-13-10-18-6-2-1-3-7-18)20-11-14-24-22(16-20)26-15-12-19-8-4-5-9-21(19)17-26/h4-6,8-9,11,14,16H,1-3,7,10,12-13,15,17H2,(H,25,27). The van der Waals surface area contributed by atoms with Crippen LogP contribution in [0.4, 0.5) is 5.82 Å². The first-order valence-electron chi connectivity index (χ1n) is 10.0. The second kappa shape index (κ2) is 8.38. The molecule has 1 aromatic carbocycles. The quantitative estimate of drug-likeness (QED) is 0.809. The van der Waals surface area contributed by atoms with Gasteiger partial charge in [0.25, 0.3) is 5.91 Å². The second-order valence-corrected chi connectivity index (χ2v) is 7.46. The number of pyridine rings is 1. The topological polar surface area (TPSA) is 45.2 Å². The van der Waals surface area contributed by atoms with Gasteiger partial charge in [0.05, 0.1) is 0 Å². The Morgan fingerprint density at radius 2 is 2.00 bits per heavy atom. The van der Waals surface area contributed by atoms with Crippen LogP contribution in [0.1, 0.15) is 53.6 Å². The fourth-order valence-electron chi connectivity index (χ4n) is 3.99. The van der Waals surface area contributed by atoms with E-state index in [1.807, 2.05) is 6.07 Å². The molecule has 0 unspecified atom stereocenters. The van der Waals surface area contributed by atoms with Crippen molar-refractivity contribution in [2.75, 3.05) is 18.0 Å². The van der Waals surface area contributed by atoms with Crippen molar-refractivity contribution in [3.05, 3.63) is 70.9 Å². The summed E-state index contributed by atoms with van der Waals surface area (Å²) in [4.78, 5) is 19.3. The highest BCUT2D eigenvalue weighted by molar-refractivity contribution is 5.94. The van der Waals surface area contributed by atoms with Crippen molar-refractivity contribution < 1.29 is 4.79 Å². The molecule has 1 aliphatic heterocycles. The molecule has 1 N–H and O–H groups in total. The zero-order valence-electron chi connectivity index (χ0n) is 15.8. The summed E-state index contributed by atoms with van der Waals surface area (Å²) in [5, 5.41) is 3.07. The Morgan fingerprint density at radius 1 is 1.11 bits per heavy atom. The van der Waals surface area contributed by atoms with E-state index in [-0.39, 0.29) is 5.91 Å². The number of anilines is 1. The van der Waals surface area contributed by atoms with Crippen LogP contribution in [0.25, 0.3) is 0 Å². The highest BCUT2D eigenvalue weighted by Gasteiger charge is 2.18. The van der Waals surface area contributed by atoms with Gasteiger partial charge in [0.2, 0.25) is 0 Å². The van der Waals surface area contributed by atoms with Crippen LogP contribution >= 0.6 is 0 Å². The van der Waals surface area contributed by atoms with E-state index in [0.29, 0.717) is 12.1 Å². The molecule has 0 fully saturated rings. The van der Waals surface area contributed by atoms with Gasteiger partial charge < -0.3 is 10.2 Å². The molecular weight excluding hydrogens is 334 g/mol. The third kappa shape index (κ3) is 4.38. The lowest BCUT2D eigenvalue weighted by Crippen LogP contribution is -2.31. The van der Waals surface area contributed by atoms with Crippen LogP contribution in [0.5, 0.6) is 0 Å². The average Bonchev–Trinajstić information content (AvgIpc) is 2.74. The molecule has 0 saturated carbocycles. The number of allylic oxidation sites excluding steroid dienone is 1. The molecule has 1 aromatic heterocycles. The van der Waals surface area contributed by atoms with E-state index in [2.05, 4.69) is 45.5 Å². The molecule has 140 valence electrons. The Balaban J connectivity index is 1.37. The van der Waals surface area contributed by atoms with Gasteiger partial charge in [0.15, 0.2) is 0 Å². The number of fused-ring (bicyclic) bond motifs is 1. The van der Waals surface area contributed by atoms with Crippen LogP contribution in [-0.4, -0.2) is 24.0 Å². The van der Waals surface area contributed by atoms with E-state index in [1.165, 1.54) is 42.4 Å². The monoisotopic (exact) mass is 361 g/mol. The number of aromatic nitrogens is 1. The number of carbonyl (C=O) groups excluding carboxylic acids is 1. The molecule has 4 nitrogen and oxygen atoms in total. The van der Waals surface area contributed by atoms with Crippen LogP contribution in [-0.2, 0) is 13.0 Å². The van der Waals surface area contributed by atoms with Crippen LogP contribution in [0.3, 0.4) is 0 Å². The van der Waals surface area contributed by atoms with Gasteiger partial charge in [-0.05, 0) is 61.8 Å². The smallest absolute Gasteiger partial charge is 0.251 e. The summed E-state index contributed by atoms with van der Waals surface area (Å²) in [7, 11) is 0. The summed E-state index contributed by atoms with van der Waals surface area (Å²) in [6.45, 7) is 2.49. The van der Waals surface area contributed by atoms with Crippen molar-refractivity contribution in [1.29, 1.82) is 0 Å². The lowest BCUT2D eigenvalue weighted by molar-refractivity contribution is 0.0954. The normalized spacial score (nSPS) is 16.4. The first kappa shape index (κ1) is 17.8. The van der Waals surface area contributed by atoms with E-state index in [4.69, 9.17) is 0 Å². The number of hydrogen-bond donors (Lipinski definition) is 1. The van der Waals surface area contributed by atoms with Crippen molar-refractivity contribution in [2.45, 2.75) is 45.1 Å². The Kier molecular flexibility index (Phi) is 5.52. The van der Waals surface area contributed by atoms with Gasteiger partial charge >= 0.3 is 0 Å². The number of benzene rings is 1. The lowest BCUT2D eigenvalue weighted by atomic mass is 9.97. The third-order valence-electron chi connectivity index (χ3n) is 5.58. The largest absolute Gasteiger partial charge is 0.352 e. The summed E-state index contributed by atoms with van der Waals surface area (Å²) < 4.78 is 0. The molecular formula is C23H27N3O. The molecule has 4 heteroatoms. The van der Waals surface area contributed by atoms with Crippen molar-refractivity contribution in [3.8, 4) is 0 Å². The molecule has 0 bridgehead atoms. The van der Waals surface area contributed by atoms with Crippen LogP contribution in [0.2, 0.25) is 0 Å². The third-order valence-corrected chi connectivity index (χ3v) is 5.58. The SMILES string of the molecule is O=C(NCCC1=CCCCC1)c1ccnc(N2CCc3ccccc3C2)c1. The fraction of sp³-hybridized carbons (Fsp3) is 0.391. The molecule has 1 aliphatic carbocycles. The molecule has 0 saturated heterocycles. The van der Waals surface area contributed by atoms with E-state index in [1.54, 1.807) is 12.3 Å². The Hall–Kier alpha value is -2.62. The van der Waals surface area contributed by atoms with Crippen molar-refractivity contribution >= 4 is 11.7 Å². The maximum atomic E-state index is 12.5. The van der Waals surface area contributed by atoms with E-state index < -0.39 is 0 Å². The molecule has 2 heterocycles. The van der Waals surface area contributed by atoms with Gasteiger partial charge in [-0.1, -0.05) is 35.9 Å². The first-order chi connectivity index (χ1) is 13.3. The van der Waals surface area contributed by atoms with Crippen LogP contribution in [0.15, 0.2) is 54.2 Å². The summed E-state index contributed by atoms with van der Waals surface area (Å²) in [5.74, 6) is 0.875. The molecule has 2 aromatic rings. The van der Waals surface area contributed by atoms with Crippen molar-refractivity contribution in [2.24, 2.45) is 0 Å². The zero-order valence-corrected chi connectivity index (χ0v) is 15.8. The van der Waals surface area contributed by atoms with Crippen molar-refractivity contribution in [3.63, 3.8) is 0 Å². The molecule has 27 heavy (non-hydrogen) atoms. The molecule has 1 amide bonds. The van der Waals surface area contributed by atoms with Gasteiger partial charge in [-0.3, -0.25) is 4.79 Å². The molecule has 2 aliphatic rings. The first-order valence-corrected chi connectivity index (χ1v) is 10.0. The van der Waals surface area contributed by atoms with Gasteiger partial charge in [-0.25, -0.2) is 4.98 Å². The van der Waals surface area contributed by atoms with Crippen LogP contribution in [0, 0.1) is 0 Å². The number of carbonyl (C=O) groups is 1. The Morgan fingerprint density at radius 3 is 2.85 bits per heavy atom. The van der Waals surface area contributed by atoms with E-state index in [9.17, 15) is 4.79 Å². The lowest BCUT2D eigenvalue weighted by Gasteiger charge is -2.29. The maximum Gasteiger partial charge on any atom is 0.251 e. The number of rotatable bonds is 5. The molecule has 0 spiro atoms. The fourth-order valence-corrected chi connectivity index (χ4v) is 3.99. The minimum atomic E-state index is -0.00697. The number of hydrogen-bond acceptors (Lipinski definition) is 3. The zero-order chi connectivity index (χ0) is 18.5. The maximum absolute atomic E-state index is 12.5. The molecule has 0 atom stereocenters. The predicted molar refractivity (Wildman–Crippen MR) is 109 cm³/mol. The van der Waals surface area contributed by atoms with Crippen LogP contribution < -0.4 is 10.2 Å². The predicted octanol–water partition coefficient (Wildman–Crippen LogP) is 4.26. The van der Waals surface area contributed by atoms with Gasteiger partial charge in [0, 0.05) is 31.4 Å². The summed E-state index contributed by atoms with van der Waals surface area (Å²) >= 11 is 0. The Labute approximate surface area is 161 Å². The molecule has 4 rings (SSSR count). The summed E-state index contributed by atoms with van der Waals surface area (Å²) in [6.07, 6.45) is 11.0. The average molecular weight is 361 g/mol. The Bertz CT molecular complexity index is 843. The summed E-state index contributed by atoms with van der Waals surface area (Å²) in [6, 6.07) is 12.3. The highest BCUT2D eigenvalue weighted by Crippen LogP contribution is 2.23. The van der Waals surface area contributed by atoms with Crippen molar-refractivity contribution in [1.82, 2.24) is 10.3 Å². The number of amides is 1. The second-order valence-electron chi connectivity index (χ2n) is 7.46. The van der Waals surface area contributed by atoms with Gasteiger partial charge in [-0.15, -0.1) is 0 Å². The summed E-state index contributed by atoms with van der Waals surface area (Å²) in [5.41, 5.74) is 4.95. The number of nitrogens with zero attached hydrogens (tertiary/aromatic N) is 2. The highest BCUT2D eigenvalue weighted by atomic mass is 16.1. The van der Waals surface area contributed by atoms with Gasteiger partial charge in [0.1, 0.15) is 5.82 Å². The van der Waals surface area contributed by atoms with Gasteiger partial charge in [-0.2, -0.15) is 0 Å². The minimum absolute atomic E-state index is 0.00697. The molecule has 0 radical (unpaired) electrons. The minimum Gasteiger partial charge on any atom is -0.352 e. The van der Waals surface area contributed by atoms with E-state index in [0.717, 1.165) is 31.7 Å².